The van der Waals surface area contributed by atoms with Crippen LogP contribution < -0.4 is 10.2 Å². The number of rotatable bonds is 72. The van der Waals surface area contributed by atoms with E-state index < -0.39 is 20.0 Å². The maximum absolute atomic E-state index is 13.1. The van der Waals surface area contributed by atoms with Crippen molar-refractivity contribution in [3.8, 4) is 0 Å². The van der Waals surface area contributed by atoms with Crippen LogP contribution in [0.4, 0.5) is 0 Å². The molecule has 3 atom stereocenters. The van der Waals surface area contributed by atoms with E-state index in [4.69, 9.17) is 9.05 Å². The molecule has 0 radical (unpaired) electrons. The molecule has 0 aliphatic carbocycles. The van der Waals surface area contributed by atoms with Crippen molar-refractivity contribution in [1.29, 1.82) is 0 Å². The molecule has 0 saturated heterocycles. The number of phosphoric ester groups is 1. The Morgan fingerprint density at radius 3 is 0.947 bits per heavy atom. The Balaban J connectivity index is 4.07. The zero-order chi connectivity index (χ0) is 68.3. The number of nitrogens with one attached hydrogen (secondary N) is 1. The van der Waals surface area contributed by atoms with Gasteiger partial charge < -0.3 is 28.8 Å². The van der Waals surface area contributed by atoms with Crippen molar-refractivity contribution in [2.75, 3.05) is 40.9 Å². The fraction of sp³-hybridized carbons (Fsp3) is 0.729. The first-order valence-corrected chi connectivity index (χ1v) is 41.0. The summed E-state index contributed by atoms with van der Waals surface area (Å²) in [6.07, 6.45) is 112. The number of amides is 1. The predicted octanol–water partition coefficient (Wildman–Crippen LogP) is 25.5. The second kappa shape index (κ2) is 73.9. The van der Waals surface area contributed by atoms with Gasteiger partial charge in [-0.15, -0.1) is 0 Å². The standard InChI is InChI=1S/C85H151N2O6P/c1-6-8-10-12-14-16-18-20-22-24-26-28-30-32-34-36-38-39-40-41-42-43-44-45-46-47-49-51-53-55-57-59-61-63-65-67-69-71-73-75-77-79-85(89)86-83(82-93-94(90,91)92-81-80-87(3,4)5)84(88)78-76-74-72-70-68-66-64-62-60-58-56-54-52-50-48-37-35-33-31-29-27-25-23-21-19-17-15-13-11-9-7-2/h8,10,14,16,20,22,26,28,32,34,38-39,41-42,44-45,47,49,53,55,76,78,83-84,88H,6-7,9,11-13,15,17-19,21,23-25,27,29-31,33,35-37,40,43,46,48,50-52,54,56-75,77,79-82H2,1-5H3,(H-,86,89,90,91)/b10-8-,16-14-,22-20-,28-26-,34-32-,39-38-,42-41-,45-44-,49-47-,55-53-,78-76+. The largest absolute Gasteiger partial charge is 0.756 e. The third-order valence-electron chi connectivity index (χ3n) is 17.4. The van der Waals surface area contributed by atoms with Crippen LogP contribution in [0.2, 0.25) is 0 Å². The zero-order valence-corrected chi connectivity index (χ0v) is 63.0. The van der Waals surface area contributed by atoms with Crippen LogP contribution in [0, 0.1) is 0 Å². The van der Waals surface area contributed by atoms with Gasteiger partial charge in [0.25, 0.3) is 7.82 Å². The molecule has 0 fully saturated rings. The number of aliphatic hydroxyl groups excluding tert-OH is 1. The molecule has 0 rings (SSSR count). The van der Waals surface area contributed by atoms with Crippen LogP contribution in [0.25, 0.3) is 0 Å². The third-order valence-corrected chi connectivity index (χ3v) is 18.3. The van der Waals surface area contributed by atoms with Crippen LogP contribution >= 0.6 is 7.82 Å². The molecule has 0 heterocycles. The average Bonchev–Trinajstić information content (AvgIpc) is 1.77. The summed E-state index contributed by atoms with van der Waals surface area (Å²) in [5, 5.41) is 14.0. The first-order chi connectivity index (χ1) is 46.0. The fourth-order valence-corrected chi connectivity index (χ4v) is 12.0. The maximum Gasteiger partial charge on any atom is 0.268 e. The lowest BCUT2D eigenvalue weighted by Crippen LogP contribution is -2.45. The molecule has 0 bridgehead atoms. The molecule has 0 saturated carbocycles. The number of likely N-dealkylation sites (N-methyl/N-ethyl adjacent to an activating group) is 1. The molecule has 2 N–H and O–H groups in total. The molecule has 8 nitrogen and oxygen atoms in total. The molecule has 1 amide bonds. The number of unbranched alkanes of at least 4 members (excludes halogenated alkanes) is 39. The Labute approximate surface area is 583 Å². The SMILES string of the molecule is CC/C=C\C/C=C\C/C=C\C/C=C\C/C=C\C/C=C\C/C=C\C/C=C\C/C=C\C/C=C\CCCCCCCCCCCCC(=O)NC(COP(=O)([O-])OCC[N+](C)(C)C)C(O)/C=C/CCCCCCCCCCCCCCCCCCCCCCCCCCCCCCC. The summed E-state index contributed by atoms with van der Waals surface area (Å²) in [7, 11) is 1.25. The highest BCUT2D eigenvalue weighted by molar-refractivity contribution is 7.45. The molecule has 0 aliphatic heterocycles. The minimum atomic E-state index is -4.62. The molecular formula is C85H151N2O6P. The van der Waals surface area contributed by atoms with Crippen molar-refractivity contribution in [2.45, 2.75) is 360 Å². The van der Waals surface area contributed by atoms with Crippen LogP contribution in [0.5, 0.6) is 0 Å². The van der Waals surface area contributed by atoms with Gasteiger partial charge in [-0.2, -0.15) is 0 Å². The van der Waals surface area contributed by atoms with Gasteiger partial charge in [0.1, 0.15) is 13.2 Å². The number of carbonyl (C=O) groups is 1. The minimum absolute atomic E-state index is 0.00676. The number of phosphoric acid groups is 1. The topological polar surface area (TPSA) is 108 Å². The molecule has 0 aromatic heterocycles. The Kier molecular flexibility index (Phi) is 71.2. The van der Waals surface area contributed by atoms with Crippen molar-refractivity contribution in [3.63, 3.8) is 0 Å². The summed E-state index contributed by atoms with van der Waals surface area (Å²) in [5.74, 6) is -0.203. The number of quaternary nitrogens is 1. The lowest BCUT2D eigenvalue weighted by atomic mass is 10.0. The first kappa shape index (κ1) is 90.6. The van der Waals surface area contributed by atoms with Gasteiger partial charge in [-0.3, -0.25) is 9.36 Å². The number of hydrogen-bond acceptors (Lipinski definition) is 6. The molecule has 0 aromatic rings. The summed E-state index contributed by atoms with van der Waals surface area (Å²) in [6.45, 7) is 4.56. The lowest BCUT2D eigenvalue weighted by molar-refractivity contribution is -0.870. The summed E-state index contributed by atoms with van der Waals surface area (Å²) in [4.78, 5) is 25.7. The van der Waals surface area contributed by atoms with Gasteiger partial charge >= 0.3 is 0 Å². The molecule has 9 heteroatoms. The average molecular weight is 1330 g/mol. The van der Waals surface area contributed by atoms with Crippen molar-refractivity contribution in [2.24, 2.45) is 0 Å². The van der Waals surface area contributed by atoms with Crippen molar-refractivity contribution in [1.82, 2.24) is 5.32 Å². The van der Waals surface area contributed by atoms with E-state index in [2.05, 4.69) is 141 Å². The van der Waals surface area contributed by atoms with Gasteiger partial charge in [0, 0.05) is 6.42 Å². The normalized spacial score (nSPS) is 14.2. The molecular weight excluding hydrogens is 1180 g/mol. The fourth-order valence-electron chi connectivity index (χ4n) is 11.3. The molecule has 94 heavy (non-hydrogen) atoms. The summed E-state index contributed by atoms with van der Waals surface area (Å²) >= 11 is 0. The highest BCUT2D eigenvalue weighted by Crippen LogP contribution is 2.38. The summed E-state index contributed by atoms with van der Waals surface area (Å²) in [6, 6.07) is -0.900. The van der Waals surface area contributed by atoms with Gasteiger partial charge in [0.15, 0.2) is 0 Å². The first-order valence-electron chi connectivity index (χ1n) is 39.5. The Hall–Kier alpha value is -3.36. The van der Waals surface area contributed by atoms with Crippen molar-refractivity contribution in [3.05, 3.63) is 134 Å². The van der Waals surface area contributed by atoms with Crippen LogP contribution in [-0.2, 0) is 18.4 Å². The Bertz CT molecular complexity index is 2000. The zero-order valence-electron chi connectivity index (χ0n) is 62.1. The van der Waals surface area contributed by atoms with Crippen molar-refractivity contribution >= 4 is 13.7 Å². The second-order valence-corrected chi connectivity index (χ2v) is 29.1. The van der Waals surface area contributed by atoms with E-state index in [1.807, 2.05) is 27.2 Å². The number of aliphatic hydroxyl groups is 1. The monoisotopic (exact) mass is 1330 g/mol. The van der Waals surface area contributed by atoms with Gasteiger partial charge in [-0.25, -0.2) is 0 Å². The van der Waals surface area contributed by atoms with Crippen LogP contribution in [0.3, 0.4) is 0 Å². The molecule has 0 aromatic carbocycles. The summed E-state index contributed by atoms with van der Waals surface area (Å²) in [5.41, 5.74) is 0. The van der Waals surface area contributed by atoms with Crippen LogP contribution in [0.1, 0.15) is 348 Å². The van der Waals surface area contributed by atoms with E-state index in [0.717, 1.165) is 109 Å². The predicted molar refractivity (Wildman–Crippen MR) is 412 cm³/mol. The van der Waals surface area contributed by atoms with Crippen molar-refractivity contribution < 1.29 is 32.9 Å². The molecule has 3 unspecified atom stereocenters. The lowest BCUT2D eigenvalue weighted by Gasteiger charge is -2.29. The number of allylic oxidation sites excluding steroid dienone is 21. The summed E-state index contributed by atoms with van der Waals surface area (Å²) < 4.78 is 23.5. The van der Waals surface area contributed by atoms with Crippen LogP contribution in [-0.4, -0.2) is 68.5 Å². The molecule has 0 aliphatic rings. The van der Waals surface area contributed by atoms with E-state index in [9.17, 15) is 19.4 Å². The van der Waals surface area contributed by atoms with Gasteiger partial charge in [-0.1, -0.05) is 379 Å². The van der Waals surface area contributed by atoms with Gasteiger partial charge in [0.2, 0.25) is 5.91 Å². The highest BCUT2D eigenvalue weighted by atomic mass is 31.2. The number of nitrogens with zero attached hydrogens (tertiary/aromatic N) is 1. The van der Waals surface area contributed by atoms with Gasteiger partial charge in [0.05, 0.1) is 39.9 Å². The van der Waals surface area contributed by atoms with E-state index in [0.29, 0.717) is 17.4 Å². The van der Waals surface area contributed by atoms with E-state index in [1.165, 1.54) is 218 Å². The molecule has 0 spiro atoms. The smallest absolute Gasteiger partial charge is 0.268 e. The third kappa shape index (κ3) is 76.0. The Morgan fingerprint density at radius 2 is 0.649 bits per heavy atom. The highest BCUT2D eigenvalue weighted by Gasteiger charge is 2.23. The van der Waals surface area contributed by atoms with E-state index in [-0.39, 0.29) is 19.1 Å². The number of carbonyl (C=O) groups excluding carboxylic acids is 1. The molecule has 542 valence electrons. The van der Waals surface area contributed by atoms with Gasteiger partial charge in [-0.05, 0) is 96.3 Å². The van der Waals surface area contributed by atoms with E-state index in [1.54, 1.807) is 6.08 Å². The van der Waals surface area contributed by atoms with Crippen LogP contribution in [0.15, 0.2) is 134 Å². The quantitative estimate of drug-likeness (QED) is 0.0272. The second-order valence-electron chi connectivity index (χ2n) is 27.7. The maximum atomic E-state index is 13.1. The Morgan fingerprint density at radius 1 is 0.383 bits per heavy atom. The minimum Gasteiger partial charge on any atom is -0.756 e. The number of hydrogen-bond donors (Lipinski definition) is 2. The van der Waals surface area contributed by atoms with E-state index >= 15 is 0 Å².